The summed E-state index contributed by atoms with van der Waals surface area (Å²) in [6.07, 6.45) is 0. The number of nitrogens with zero attached hydrogens (tertiary/aromatic N) is 2. The van der Waals surface area contributed by atoms with E-state index in [4.69, 9.17) is 4.74 Å². The number of benzene rings is 1. The van der Waals surface area contributed by atoms with E-state index in [1.54, 1.807) is 18.9 Å². The molecule has 1 aliphatic rings. The molecule has 1 saturated heterocycles. The van der Waals surface area contributed by atoms with Gasteiger partial charge in [-0.25, -0.2) is 0 Å². The van der Waals surface area contributed by atoms with Crippen LogP contribution in [0.25, 0.3) is 0 Å². The molecule has 6 nitrogen and oxygen atoms in total. The van der Waals surface area contributed by atoms with E-state index < -0.39 is 24.0 Å². The summed E-state index contributed by atoms with van der Waals surface area (Å²) in [6.45, 7) is 1.77. The second kappa shape index (κ2) is 5.58. The molecule has 1 fully saturated rings. The van der Waals surface area contributed by atoms with Crippen molar-refractivity contribution in [3.05, 3.63) is 46.0 Å². The average Bonchev–Trinajstić information content (AvgIpc) is 2.71. The molecule has 0 saturated carbocycles. The van der Waals surface area contributed by atoms with Crippen LogP contribution in [0.2, 0.25) is 0 Å². The summed E-state index contributed by atoms with van der Waals surface area (Å²) in [6, 6.07) is 7.35. The van der Waals surface area contributed by atoms with Crippen LogP contribution >= 0.6 is 0 Å². The van der Waals surface area contributed by atoms with Gasteiger partial charge in [0.05, 0.1) is 19.1 Å². The average molecular weight is 278 g/mol. The van der Waals surface area contributed by atoms with E-state index in [1.165, 1.54) is 7.11 Å². The number of methoxy groups -OCH3 is 1. The fraction of sp³-hybridized carbons (Fsp3) is 0.500. The van der Waals surface area contributed by atoms with E-state index in [9.17, 15) is 14.9 Å². The monoisotopic (exact) mass is 278 g/mol. The maximum atomic E-state index is 12.0. The van der Waals surface area contributed by atoms with Gasteiger partial charge in [-0.1, -0.05) is 30.3 Å². The molecule has 1 aromatic rings. The Morgan fingerprint density at radius 3 is 2.45 bits per heavy atom. The van der Waals surface area contributed by atoms with Crippen molar-refractivity contribution >= 4 is 5.97 Å². The van der Waals surface area contributed by atoms with Crippen molar-refractivity contribution in [2.75, 3.05) is 14.2 Å². The molecule has 0 N–H and O–H groups in total. The van der Waals surface area contributed by atoms with Crippen molar-refractivity contribution in [1.82, 2.24) is 4.90 Å². The van der Waals surface area contributed by atoms with Crippen molar-refractivity contribution in [2.24, 2.45) is 0 Å². The predicted molar refractivity (Wildman–Crippen MR) is 73.0 cm³/mol. The number of rotatable bonds is 3. The zero-order valence-electron chi connectivity index (χ0n) is 11.7. The second-order valence-electron chi connectivity index (χ2n) is 5.09. The van der Waals surface area contributed by atoms with E-state index in [-0.39, 0.29) is 11.0 Å². The Balaban J connectivity index is 2.49. The molecule has 108 valence electrons. The number of carbonyl (C=O) groups is 1. The fourth-order valence-electron chi connectivity index (χ4n) is 3.03. The van der Waals surface area contributed by atoms with Crippen LogP contribution in [0.15, 0.2) is 30.3 Å². The van der Waals surface area contributed by atoms with Crippen LogP contribution in [-0.2, 0) is 9.53 Å². The summed E-state index contributed by atoms with van der Waals surface area (Å²) in [5.74, 6) is -0.934. The van der Waals surface area contributed by atoms with Gasteiger partial charge in [-0.15, -0.1) is 0 Å². The maximum absolute atomic E-state index is 12.0. The third kappa shape index (κ3) is 2.27. The molecule has 0 radical (unpaired) electrons. The number of likely N-dealkylation sites (tertiary alicyclic amines) is 1. The lowest BCUT2D eigenvalue weighted by atomic mass is 9.87. The van der Waals surface area contributed by atoms with E-state index in [1.807, 2.05) is 30.3 Å². The Morgan fingerprint density at radius 2 is 1.95 bits per heavy atom. The molecule has 0 unspecified atom stereocenters. The minimum absolute atomic E-state index is 0.290. The number of hydrogen-bond donors (Lipinski definition) is 0. The van der Waals surface area contributed by atoms with Gasteiger partial charge in [0.2, 0.25) is 6.04 Å². The molecule has 4 atom stereocenters. The number of likely N-dealkylation sites (N-methyl/N-ethyl adjacent to an activating group) is 1. The third-order valence-electron chi connectivity index (χ3n) is 4.15. The number of ether oxygens (including phenoxy) is 1. The van der Waals surface area contributed by atoms with Crippen LogP contribution in [0.1, 0.15) is 18.4 Å². The minimum Gasteiger partial charge on any atom is -0.468 e. The lowest BCUT2D eigenvalue weighted by Crippen LogP contribution is -2.39. The molecule has 0 amide bonds. The van der Waals surface area contributed by atoms with Crippen LogP contribution in [0, 0.1) is 10.1 Å². The highest BCUT2D eigenvalue weighted by molar-refractivity contribution is 5.78. The number of esters is 1. The highest BCUT2D eigenvalue weighted by Crippen LogP contribution is 2.38. The third-order valence-corrected chi connectivity index (χ3v) is 4.15. The fourth-order valence-corrected chi connectivity index (χ4v) is 3.03. The molecule has 2 rings (SSSR count). The summed E-state index contributed by atoms with van der Waals surface area (Å²) >= 11 is 0. The van der Waals surface area contributed by atoms with Gasteiger partial charge in [-0.3, -0.25) is 19.8 Å². The maximum Gasteiger partial charge on any atom is 0.324 e. The molecule has 1 heterocycles. The minimum atomic E-state index is -0.827. The summed E-state index contributed by atoms with van der Waals surface area (Å²) < 4.78 is 4.83. The first kappa shape index (κ1) is 14.5. The highest BCUT2D eigenvalue weighted by atomic mass is 16.6. The van der Waals surface area contributed by atoms with E-state index in [0.29, 0.717) is 0 Å². The van der Waals surface area contributed by atoms with Crippen molar-refractivity contribution in [3.8, 4) is 0 Å². The molecule has 20 heavy (non-hydrogen) atoms. The van der Waals surface area contributed by atoms with Crippen LogP contribution in [0.5, 0.6) is 0 Å². The van der Waals surface area contributed by atoms with Gasteiger partial charge in [-0.2, -0.15) is 0 Å². The van der Waals surface area contributed by atoms with E-state index in [0.717, 1.165) is 5.56 Å². The van der Waals surface area contributed by atoms with Gasteiger partial charge in [0, 0.05) is 4.92 Å². The number of hydrogen-bond acceptors (Lipinski definition) is 5. The first-order valence-electron chi connectivity index (χ1n) is 6.47. The lowest BCUT2D eigenvalue weighted by Gasteiger charge is -2.22. The summed E-state index contributed by atoms with van der Waals surface area (Å²) in [5, 5.41) is 11.4. The topological polar surface area (TPSA) is 72.7 Å². The van der Waals surface area contributed by atoms with Crippen LogP contribution in [-0.4, -0.2) is 48.1 Å². The van der Waals surface area contributed by atoms with E-state index in [2.05, 4.69) is 0 Å². The zero-order valence-corrected chi connectivity index (χ0v) is 11.7. The first-order chi connectivity index (χ1) is 9.49. The Morgan fingerprint density at radius 1 is 1.35 bits per heavy atom. The van der Waals surface area contributed by atoms with Crippen molar-refractivity contribution in [3.63, 3.8) is 0 Å². The zero-order chi connectivity index (χ0) is 14.9. The smallest absolute Gasteiger partial charge is 0.324 e. The van der Waals surface area contributed by atoms with Crippen LogP contribution < -0.4 is 0 Å². The second-order valence-corrected chi connectivity index (χ2v) is 5.09. The Hall–Kier alpha value is -1.95. The lowest BCUT2D eigenvalue weighted by molar-refractivity contribution is -0.527. The predicted octanol–water partition coefficient (Wildman–Crippen LogP) is 1.29. The number of nitro groups is 1. The summed E-state index contributed by atoms with van der Waals surface area (Å²) in [4.78, 5) is 24.9. The normalized spacial score (nSPS) is 30.1. The van der Waals surface area contributed by atoms with Gasteiger partial charge in [0.25, 0.3) is 0 Å². The van der Waals surface area contributed by atoms with Crippen molar-refractivity contribution in [1.29, 1.82) is 0 Å². The SMILES string of the molecule is COC(=O)[C@@H]1[C@H](c2ccccc2)[C@@H]([N+](=O)[O-])[C@@H](C)N1C. The molecule has 1 aromatic carbocycles. The molecule has 1 aliphatic heterocycles. The molecule has 0 spiro atoms. The van der Waals surface area contributed by atoms with Crippen LogP contribution in [0.4, 0.5) is 0 Å². The quantitative estimate of drug-likeness (QED) is 0.473. The van der Waals surface area contributed by atoms with Gasteiger partial charge in [-0.05, 0) is 19.5 Å². The van der Waals surface area contributed by atoms with Gasteiger partial charge >= 0.3 is 5.97 Å². The largest absolute Gasteiger partial charge is 0.468 e. The van der Waals surface area contributed by atoms with Gasteiger partial charge < -0.3 is 4.74 Å². The van der Waals surface area contributed by atoms with E-state index >= 15 is 0 Å². The Kier molecular flexibility index (Phi) is 4.04. The standard InChI is InChI=1S/C14H18N2O4/c1-9-12(16(18)19)11(10-7-5-4-6-8-10)13(15(9)2)14(17)20-3/h4-9,11-13H,1-3H3/t9-,11-,12+,13+/m1/s1. The summed E-state index contributed by atoms with van der Waals surface area (Å²) in [7, 11) is 3.04. The molecule has 0 aliphatic carbocycles. The summed E-state index contributed by atoms with van der Waals surface area (Å²) in [5.41, 5.74) is 0.792. The molecule has 0 aromatic heterocycles. The molecule has 6 heteroatoms. The first-order valence-corrected chi connectivity index (χ1v) is 6.47. The number of carbonyl (C=O) groups excluding carboxylic acids is 1. The molecular formula is C14H18N2O4. The van der Waals surface area contributed by atoms with Crippen molar-refractivity contribution < 1.29 is 14.5 Å². The van der Waals surface area contributed by atoms with Gasteiger partial charge in [0.1, 0.15) is 6.04 Å². The Labute approximate surface area is 117 Å². The van der Waals surface area contributed by atoms with Crippen molar-refractivity contribution in [2.45, 2.75) is 31.0 Å². The van der Waals surface area contributed by atoms with Gasteiger partial charge in [0.15, 0.2) is 0 Å². The Bertz CT molecular complexity index is 505. The highest BCUT2D eigenvalue weighted by Gasteiger charge is 2.56. The molecule has 0 bridgehead atoms. The molecular weight excluding hydrogens is 260 g/mol. The van der Waals surface area contributed by atoms with Crippen LogP contribution in [0.3, 0.4) is 0 Å².